The molecule has 0 radical (unpaired) electrons. The molecule has 1 aromatic carbocycles. The van der Waals surface area contributed by atoms with Crippen LogP contribution < -0.4 is 0 Å². The number of hydrogen-bond acceptors (Lipinski definition) is 1. The van der Waals surface area contributed by atoms with E-state index in [1.54, 1.807) is 0 Å². The van der Waals surface area contributed by atoms with Crippen molar-refractivity contribution < 1.29 is 4.74 Å². The van der Waals surface area contributed by atoms with E-state index >= 15 is 0 Å². The highest BCUT2D eigenvalue weighted by Gasteiger charge is 2.47. The first-order valence-corrected chi connectivity index (χ1v) is 8.38. The van der Waals surface area contributed by atoms with E-state index in [0.29, 0.717) is 5.41 Å². The zero-order chi connectivity index (χ0) is 15.4. The summed E-state index contributed by atoms with van der Waals surface area (Å²) in [4.78, 5) is 0. The summed E-state index contributed by atoms with van der Waals surface area (Å²) < 4.78 is 8.17. The fourth-order valence-corrected chi connectivity index (χ4v) is 3.66. The lowest BCUT2D eigenvalue weighted by Gasteiger charge is -2.53. The predicted molar refractivity (Wildman–Crippen MR) is 90.5 cm³/mol. The topological polar surface area (TPSA) is 14.2 Å². The lowest BCUT2D eigenvalue weighted by molar-refractivity contribution is -0.0502. The Morgan fingerprint density at radius 1 is 1.05 bits per heavy atom. The summed E-state index contributed by atoms with van der Waals surface area (Å²) in [5.74, 6) is 1.59. The van der Waals surface area contributed by atoms with Gasteiger partial charge in [0.2, 0.25) is 0 Å². The van der Waals surface area contributed by atoms with Gasteiger partial charge in [-0.2, -0.15) is 0 Å². The Morgan fingerprint density at radius 2 is 1.77 bits per heavy atom. The monoisotopic (exact) mass is 297 g/mol. The van der Waals surface area contributed by atoms with Crippen LogP contribution in [-0.4, -0.2) is 11.2 Å². The van der Waals surface area contributed by atoms with Crippen molar-refractivity contribution in [2.24, 2.45) is 17.3 Å². The molecule has 1 saturated carbocycles. The smallest absolute Gasteiger partial charge is 0.0716 e. The molecule has 0 spiro atoms. The summed E-state index contributed by atoms with van der Waals surface area (Å²) >= 11 is 0. The van der Waals surface area contributed by atoms with E-state index in [2.05, 4.69) is 67.2 Å². The van der Waals surface area contributed by atoms with Crippen LogP contribution in [-0.2, 0) is 17.9 Å². The molecule has 1 aromatic heterocycles. The number of hydrogen-bond donors (Lipinski definition) is 0. The fourth-order valence-electron chi connectivity index (χ4n) is 3.66. The van der Waals surface area contributed by atoms with E-state index in [1.165, 1.54) is 18.4 Å². The Bertz CT molecular complexity index is 559. The Balaban J connectivity index is 1.39. The molecule has 2 atom stereocenters. The van der Waals surface area contributed by atoms with Crippen molar-refractivity contribution in [3.63, 3.8) is 0 Å². The molecule has 0 amide bonds. The Morgan fingerprint density at radius 3 is 2.45 bits per heavy atom. The van der Waals surface area contributed by atoms with E-state index in [4.69, 9.17) is 4.74 Å². The standard InChI is InChI=1S/C20H27NO/c1-20(2)18(14-19(20)15-21-11-6-7-12-21)10-13-22-16-17-8-4-3-5-9-17/h3-9,11-12,18-19H,10,13-16H2,1-2H3/t18-,19-/m0/s1. The van der Waals surface area contributed by atoms with E-state index in [9.17, 15) is 0 Å². The summed E-state index contributed by atoms with van der Waals surface area (Å²) in [5, 5.41) is 0. The van der Waals surface area contributed by atoms with Gasteiger partial charge >= 0.3 is 0 Å². The second-order valence-corrected chi connectivity index (χ2v) is 7.16. The van der Waals surface area contributed by atoms with E-state index < -0.39 is 0 Å². The number of aromatic nitrogens is 1. The average Bonchev–Trinajstić information content (AvgIpc) is 3.03. The van der Waals surface area contributed by atoms with Crippen LogP contribution in [0.3, 0.4) is 0 Å². The van der Waals surface area contributed by atoms with Crippen LogP contribution in [0.1, 0.15) is 32.3 Å². The zero-order valence-corrected chi connectivity index (χ0v) is 13.7. The largest absolute Gasteiger partial charge is 0.377 e. The molecule has 3 rings (SSSR count). The third-order valence-corrected chi connectivity index (χ3v) is 5.49. The lowest BCUT2D eigenvalue weighted by atomic mass is 9.54. The van der Waals surface area contributed by atoms with Crippen LogP contribution in [0, 0.1) is 17.3 Å². The van der Waals surface area contributed by atoms with E-state index in [1.807, 2.05) is 6.07 Å². The van der Waals surface area contributed by atoms with Gasteiger partial charge in [-0.15, -0.1) is 0 Å². The van der Waals surface area contributed by atoms with Crippen LogP contribution in [0.15, 0.2) is 54.9 Å². The van der Waals surface area contributed by atoms with Gasteiger partial charge in [0.1, 0.15) is 0 Å². The lowest BCUT2D eigenvalue weighted by Crippen LogP contribution is -2.47. The molecule has 118 valence electrons. The summed E-state index contributed by atoms with van der Waals surface area (Å²) in [6.07, 6.45) is 6.86. The molecular weight excluding hydrogens is 270 g/mol. The molecule has 2 heteroatoms. The zero-order valence-electron chi connectivity index (χ0n) is 13.7. The first kappa shape index (κ1) is 15.4. The van der Waals surface area contributed by atoms with E-state index in [0.717, 1.165) is 31.6 Å². The summed E-state index contributed by atoms with van der Waals surface area (Å²) in [6, 6.07) is 14.7. The number of ether oxygens (including phenoxy) is 1. The molecule has 1 fully saturated rings. The van der Waals surface area contributed by atoms with Crippen molar-refractivity contribution >= 4 is 0 Å². The molecular formula is C20H27NO. The fraction of sp³-hybridized carbons (Fsp3) is 0.500. The van der Waals surface area contributed by atoms with Crippen LogP contribution in [0.2, 0.25) is 0 Å². The molecule has 0 aliphatic heterocycles. The van der Waals surface area contributed by atoms with Crippen molar-refractivity contribution in [1.82, 2.24) is 4.57 Å². The Kier molecular flexibility index (Phi) is 4.68. The minimum absolute atomic E-state index is 0.431. The highest BCUT2D eigenvalue weighted by atomic mass is 16.5. The van der Waals surface area contributed by atoms with Gasteiger partial charge in [0, 0.05) is 25.5 Å². The van der Waals surface area contributed by atoms with Crippen LogP contribution in [0.5, 0.6) is 0 Å². The first-order valence-electron chi connectivity index (χ1n) is 8.38. The molecule has 1 aliphatic carbocycles. The molecule has 2 aromatic rings. The van der Waals surface area contributed by atoms with Gasteiger partial charge in [-0.05, 0) is 47.8 Å². The SMILES string of the molecule is CC1(C)[C@@H](CCOCc2ccccc2)C[C@H]1Cn1cccc1. The highest BCUT2D eigenvalue weighted by Crippen LogP contribution is 2.53. The van der Waals surface area contributed by atoms with Gasteiger partial charge in [-0.1, -0.05) is 44.2 Å². The molecule has 0 unspecified atom stereocenters. The van der Waals surface area contributed by atoms with Gasteiger partial charge in [0.15, 0.2) is 0 Å². The van der Waals surface area contributed by atoms with Crippen molar-refractivity contribution in [3.05, 3.63) is 60.4 Å². The minimum Gasteiger partial charge on any atom is -0.377 e. The van der Waals surface area contributed by atoms with Crippen molar-refractivity contribution in [2.75, 3.05) is 6.61 Å². The predicted octanol–water partition coefficient (Wildman–Crippen LogP) is 4.76. The highest BCUT2D eigenvalue weighted by molar-refractivity contribution is 5.13. The van der Waals surface area contributed by atoms with Crippen LogP contribution in [0.4, 0.5) is 0 Å². The van der Waals surface area contributed by atoms with Crippen molar-refractivity contribution in [2.45, 2.75) is 39.8 Å². The van der Waals surface area contributed by atoms with Crippen LogP contribution >= 0.6 is 0 Å². The number of nitrogens with zero attached hydrogens (tertiary/aromatic N) is 1. The van der Waals surface area contributed by atoms with E-state index in [-0.39, 0.29) is 0 Å². The molecule has 0 N–H and O–H groups in total. The molecule has 1 aliphatic rings. The number of rotatable bonds is 7. The molecule has 0 saturated heterocycles. The second kappa shape index (κ2) is 6.70. The quantitative estimate of drug-likeness (QED) is 0.672. The number of benzene rings is 1. The van der Waals surface area contributed by atoms with Gasteiger partial charge < -0.3 is 9.30 Å². The van der Waals surface area contributed by atoms with Gasteiger partial charge in [0.25, 0.3) is 0 Å². The molecule has 22 heavy (non-hydrogen) atoms. The average molecular weight is 297 g/mol. The second-order valence-electron chi connectivity index (χ2n) is 7.16. The molecule has 1 heterocycles. The molecule has 2 nitrogen and oxygen atoms in total. The Hall–Kier alpha value is -1.54. The van der Waals surface area contributed by atoms with Gasteiger partial charge in [0.05, 0.1) is 6.61 Å². The third-order valence-electron chi connectivity index (χ3n) is 5.49. The van der Waals surface area contributed by atoms with Crippen LogP contribution in [0.25, 0.3) is 0 Å². The van der Waals surface area contributed by atoms with Crippen molar-refractivity contribution in [3.8, 4) is 0 Å². The molecule has 0 bridgehead atoms. The summed E-state index contributed by atoms with van der Waals surface area (Å²) in [6.45, 7) is 7.61. The minimum atomic E-state index is 0.431. The summed E-state index contributed by atoms with van der Waals surface area (Å²) in [7, 11) is 0. The summed E-state index contributed by atoms with van der Waals surface area (Å²) in [5.41, 5.74) is 1.70. The maximum Gasteiger partial charge on any atom is 0.0716 e. The maximum atomic E-state index is 5.86. The third kappa shape index (κ3) is 3.44. The first-order chi connectivity index (χ1) is 10.7. The van der Waals surface area contributed by atoms with Crippen molar-refractivity contribution in [1.29, 1.82) is 0 Å². The Labute approximate surface area is 134 Å². The normalized spacial score (nSPS) is 23.2. The van der Waals surface area contributed by atoms with Gasteiger partial charge in [-0.3, -0.25) is 0 Å². The van der Waals surface area contributed by atoms with Gasteiger partial charge in [-0.25, -0.2) is 0 Å². The maximum absolute atomic E-state index is 5.86.